The lowest BCUT2D eigenvalue weighted by Crippen LogP contribution is -2.44. The minimum atomic E-state index is -0.942. The van der Waals surface area contributed by atoms with E-state index in [1.807, 2.05) is 0 Å². The Hall–Kier alpha value is -3.39. The van der Waals surface area contributed by atoms with Gasteiger partial charge < -0.3 is 55.4 Å². The first-order chi connectivity index (χ1) is 28.7. The summed E-state index contributed by atoms with van der Waals surface area (Å²) in [4.78, 5) is 83.2. The maximum Gasteiger partial charge on any atom is 0.329 e. The molecule has 0 heterocycles. The van der Waals surface area contributed by atoms with Crippen LogP contribution < -0.4 is 26.6 Å². The van der Waals surface area contributed by atoms with E-state index in [0.717, 1.165) is 51.4 Å². The monoisotopic (exact) mass is 923 g/mol. The normalized spacial score (nSPS) is 11.7. The van der Waals surface area contributed by atoms with Gasteiger partial charge >= 0.3 is 11.9 Å². The topological polar surface area (TPSA) is 246 Å². The van der Waals surface area contributed by atoms with Crippen LogP contribution in [0.3, 0.4) is 0 Å². The molecule has 1 atom stereocenters. The Balaban J connectivity index is 3.97. The SMILES string of the molecule is CC(C)(C)OC(=O)[C@H](CCC(=O)NCCOCCOCC(=O)NCCOCCOCC(=O)NCCNC(=O)CBr)NC(=O)CCCCCCCCCCCCCCC(=O)O. The second kappa shape index (κ2) is 38.5. The van der Waals surface area contributed by atoms with Gasteiger partial charge in [-0.2, -0.15) is 0 Å². The van der Waals surface area contributed by atoms with Gasteiger partial charge in [-0.05, 0) is 40.0 Å². The van der Waals surface area contributed by atoms with Crippen molar-refractivity contribution in [3.8, 4) is 0 Å². The van der Waals surface area contributed by atoms with Gasteiger partial charge in [-0.25, -0.2) is 4.79 Å². The molecule has 0 rings (SSSR count). The largest absolute Gasteiger partial charge is 0.481 e. The van der Waals surface area contributed by atoms with Crippen LogP contribution in [-0.4, -0.2) is 143 Å². The summed E-state index contributed by atoms with van der Waals surface area (Å²) < 4.78 is 26.8. The summed E-state index contributed by atoms with van der Waals surface area (Å²) >= 11 is 3.03. The van der Waals surface area contributed by atoms with Crippen molar-refractivity contribution in [3.05, 3.63) is 0 Å². The van der Waals surface area contributed by atoms with E-state index in [9.17, 15) is 33.6 Å². The number of esters is 1. The van der Waals surface area contributed by atoms with Gasteiger partial charge in [0.25, 0.3) is 0 Å². The Bertz CT molecular complexity index is 1210. The number of carboxylic acid groups (broad SMARTS) is 1. The summed E-state index contributed by atoms with van der Waals surface area (Å²) in [5, 5.41) is 22.3. The van der Waals surface area contributed by atoms with Gasteiger partial charge in [0.2, 0.25) is 29.5 Å². The maximum absolute atomic E-state index is 12.8. The van der Waals surface area contributed by atoms with Crippen molar-refractivity contribution in [2.45, 2.75) is 135 Å². The van der Waals surface area contributed by atoms with Crippen LogP contribution in [0.2, 0.25) is 0 Å². The van der Waals surface area contributed by atoms with Crippen LogP contribution in [0.15, 0.2) is 0 Å². The molecule has 19 heteroatoms. The number of alkyl halides is 1. The minimum Gasteiger partial charge on any atom is -0.481 e. The second-order valence-corrected chi connectivity index (χ2v) is 15.8. The van der Waals surface area contributed by atoms with Crippen LogP contribution in [0.4, 0.5) is 0 Å². The Morgan fingerprint density at radius 2 is 0.917 bits per heavy atom. The summed E-state index contributed by atoms with van der Waals surface area (Å²) in [5.74, 6) is -2.64. The van der Waals surface area contributed by atoms with Crippen LogP contribution in [0, 0.1) is 0 Å². The van der Waals surface area contributed by atoms with E-state index in [0.29, 0.717) is 25.9 Å². The number of rotatable bonds is 40. The van der Waals surface area contributed by atoms with Gasteiger partial charge in [0, 0.05) is 45.4 Å². The molecule has 0 fully saturated rings. The zero-order chi connectivity index (χ0) is 44.7. The van der Waals surface area contributed by atoms with Crippen molar-refractivity contribution in [2.75, 3.05) is 84.4 Å². The summed E-state index contributed by atoms with van der Waals surface area (Å²) in [7, 11) is 0. The first kappa shape index (κ1) is 56.6. The lowest BCUT2D eigenvalue weighted by molar-refractivity contribution is -0.159. The zero-order valence-corrected chi connectivity index (χ0v) is 37.9. The molecule has 0 bridgehead atoms. The lowest BCUT2D eigenvalue weighted by atomic mass is 10.0. The van der Waals surface area contributed by atoms with Crippen LogP contribution >= 0.6 is 15.9 Å². The molecule has 0 aromatic heterocycles. The predicted molar refractivity (Wildman–Crippen MR) is 228 cm³/mol. The number of carboxylic acids is 1. The molecule has 0 aliphatic heterocycles. The average molecular weight is 925 g/mol. The highest BCUT2D eigenvalue weighted by Crippen LogP contribution is 2.14. The van der Waals surface area contributed by atoms with Crippen molar-refractivity contribution in [3.63, 3.8) is 0 Å². The van der Waals surface area contributed by atoms with E-state index in [4.69, 9.17) is 28.8 Å². The Morgan fingerprint density at radius 1 is 0.500 bits per heavy atom. The van der Waals surface area contributed by atoms with Crippen LogP contribution in [0.5, 0.6) is 0 Å². The van der Waals surface area contributed by atoms with Gasteiger partial charge in [0.05, 0.1) is 45.0 Å². The standard InChI is InChI=1S/C41H74BrN5O13/c1-41(2,3)60-40(55)33(47-35(49)16-14-12-10-8-6-4-5-7-9-11-13-15-17-39(53)54)18-19-34(48)45-22-24-56-26-29-59-32-38(52)46-23-25-57-27-28-58-31-37(51)44-21-20-43-36(50)30-42/h33H,4-32H2,1-3H3,(H,43,50)(H,44,51)(H,45,48)(H,46,52)(H,47,49)(H,53,54)/t33-/m0/s1. The lowest BCUT2D eigenvalue weighted by Gasteiger charge is -2.24. The molecule has 0 saturated heterocycles. The van der Waals surface area contributed by atoms with Crippen molar-refractivity contribution in [1.29, 1.82) is 0 Å². The van der Waals surface area contributed by atoms with E-state index in [2.05, 4.69) is 42.5 Å². The fourth-order valence-electron chi connectivity index (χ4n) is 5.43. The third-order valence-electron chi connectivity index (χ3n) is 8.47. The van der Waals surface area contributed by atoms with Gasteiger partial charge in [-0.1, -0.05) is 80.1 Å². The minimum absolute atomic E-state index is 0.00667. The van der Waals surface area contributed by atoms with Crippen molar-refractivity contribution in [2.24, 2.45) is 0 Å². The Kier molecular flexibility index (Phi) is 36.3. The van der Waals surface area contributed by atoms with Crippen LogP contribution in [0.25, 0.3) is 0 Å². The summed E-state index contributed by atoms with van der Waals surface area (Å²) in [5.41, 5.74) is -0.748. The Labute approximate surface area is 364 Å². The molecule has 5 amide bonds. The van der Waals surface area contributed by atoms with Gasteiger partial charge in [0.15, 0.2) is 0 Å². The summed E-state index contributed by atoms with van der Waals surface area (Å²) in [6.45, 7) is 7.38. The number of ether oxygens (including phenoxy) is 5. The third kappa shape index (κ3) is 40.0. The molecule has 0 spiro atoms. The van der Waals surface area contributed by atoms with Crippen molar-refractivity contribution in [1.82, 2.24) is 26.6 Å². The number of hydrogen-bond donors (Lipinski definition) is 6. The van der Waals surface area contributed by atoms with E-state index >= 15 is 0 Å². The van der Waals surface area contributed by atoms with Gasteiger partial charge in [-0.15, -0.1) is 0 Å². The summed E-state index contributed by atoms with van der Waals surface area (Å²) in [6, 6.07) is -0.942. The molecule has 0 radical (unpaired) electrons. The molecule has 18 nitrogen and oxygen atoms in total. The van der Waals surface area contributed by atoms with Gasteiger partial charge in [0.1, 0.15) is 24.9 Å². The molecular formula is C41H74BrN5O13. The van der Waals surface area contributed by atoms with Crippen molar-refractivity contribution >= 4 is 57.4 Å². The molecule has 0 aliphatic carbocycles. The molecule has 0 unspecified atom stereocenters. The highest BCUT2D eigenvalue weighted by molar-refractivity contribution is 9.09. The molecule has 6 N–H and O–H groups in total. The fraction of sp³-hybridized carbons (Fsp3) is 0.829. The number of unbranched alkanes of at least 4 members (excludes halogenated alkanes) is 11. The third-order valence-corrected chi connectivity index (χ3v) is 8.98. The molecule has 348 valence electrons. The Morgan fingerprint density at radius 3 is 1.38 bits per heavy atom. The number of hydrogen-bond acceptors (Lipinski definition) is 12. The zero-order valence-electron chi connectivity index (χ0n) is 36.3. The average Bonchev–Trinajstić information content (AvgIpc) is 3.19. The van der Waals surface area contributed by atoms with Gasteiger partial charge in [-0.3, -0.25) is 28.8 Å². The number of carbonyl (C=O) groups is 7. The number of nitrogens with one attached hydrogen (secondary N) is 5. The summed E-state index contributed by atoms with van der Waals surface area (Å²) in [6.07, 6.45) is 13.1. The van der Waals surface area contributed by atoms with Crippen LogP contribution in [-0.2, 0) is 57.2 Å². The predicted octanol–water partition coefficient (Wildman–Crippen LogP) is 3.07. The molecule has 60 heavy (non-hydrogen) atoms. The molecule has 0 aromatic rings. The quantitative estimate of drug-likeness (QED) is 0.0295. The number of amides is 5. The first-order valence-electron chi connectivity index (χ1n) is 21.4. The number of aliphatic carboxylic acids is 1. The maximum atomic E-state index is 12.8. The molecule has 0 aliphatic rings. The number of carbonyl (C=O) groups excluding carboxylic acids is 6. The van der Waals surface area contributed by atoms with E-state index in [1.54, 1.807) is 20.8 Å². The molecule has 0 aromatic carbocycles. The number of halogens is 1. The molecular weight excluding hydrogens is 850 g/mol. The van der Waals surface area contributed by atoms with E-state index < -0.39 is 23.6 Å². The van der Waals surface area contributed by atoms with Crippen molar-refractivity contribution < 1.29 is 62.4 Å². The smallest absolute Gasteiger partial charge is 0.329 e. The molecule has 0 saturated carbocycles. The first-order valence-corrected chi connectivity index (χ1v) is 22.5. The fourth-order valence-corrected chi connectivity index (χ4v) is 5.63. The second-order valence-electron chi connectivity index (χ2n) is 15.2. The highest BCUT2D eigenvalue weighted by atomic mass is 79.9. The van der Waals surface area contributed by atoms with Crippen LogP contribution in [0.1, 0.15) is 124 Å². The highest BCUT2D eigenvalue weighted by Gasteiger charge is 2.27. The van der Waals surface area contributed by atoms with E-state index in [-0.39, 0.29) is 120 Å². The van der Waals surface area contributed by atoms with E-state index in [1.165, 1.54) is 19.3 Å².